The summed E-state index contributed by atoms with van der Waals surface area (Å²) in [5.41, 5.74) is 1.44. The third-order valence-electron chi connectivity index (χ3n) is 5.19. The third kappa shape index (κ3) is 5.49. The summed E-state index contributed by atoms with van der Waals surface area (Å²) in [7, 11) is 3.11. The molecule has 1 aliphatic rings. The maximum Gasteiger partial charge on any atom is 0.343 e. The van der Waals surface area contributed by atoms with Gasteiger partial charge < -0.3 is 19.1 Å². The molecule has 1 fully saturated rings. The van der Waals surface area contributed by atoms with Crippen molar-refractivity contribution in [3.8, 4) is 17.2 Å². The summed E-state index contributed by atoms with van der Waals surface area (Å²) in [4.78, 5) is 17.6. The molecular formula is C23H30N2O4. The molecule has 29 heavy (non-hydrogen) atoms. The zero-order chi connectivity index (χ0) is 20.6. The van der Waals surface area contributed by atoms with Crippen LogP contribution in [0.4, 0.5) is 0 Å². The zero-order valence-electron chi connectivity index (χ0n) is 17.5. The first kappa shape index (κ1) is 21.1. The van der Waals surface area contributed by atoms with E-state index in [9.17, 15) is 4.79 Å². The number of esters is 1. The number of para-hydroxylation sites is 1. The van der Waals surface area contributed by atoms with Crippen molar-refractivity contribution in [3.05, 3.63) is 53.6 Å². The molecule has 0 aliphatic carbocycles. The van der Waals surface area contributed by atoms with Crippen molar-refractivity contribution in [1.82, 2.24) is 9.80 Å². The molecule has 0 N–H and O–H groups in total. The van der Waals surface area contributed by atoms with Crippen molar-refractivity contribution in [3.63, 3.8) is 0 Å². The van der Waals surface area contributed by atoms with Crippen molar-refractivity contribution >= 4 is 5.97 Å². The van der Waals surface area contributed by atoms with Crippen molar-refractivity contribution in [2.45, 2.75) is 19.9 Å². The average Bonchev–Trinajstić information content (AvgIpc) is 2.76. The zero-order valence-corrected chi connectivity index (χ0v) is 17.5. The molecule has 6 nitrogen and oxygen atoms in total. The number of hydrogen-bond acceptors (Lipinski definition) is 6. The third-order valence-corrected chi connectivity index (χ3v) is 5.19. The molecule has 0 saturated carbocycles. The fourth-order valence-corrected chi connectivity index (χ4v) is 3.58. The summed E-state index contributed by atoms with van der Waals surface area (Å²) in [5.74, 6) is 1.27. The number of benzene rings is 2. The second-order valence-electron chi connectivity index (χ2n) is 7.18. The van der Waals surface area contributed by atoms with E-state index >= 15 is 0 Å². The lowest BCUT2D eigenvalue weighted by Crippen LogP contribution is -2.46. The highest BCUT2D eigenvalue weighted by Gasteiger charge is 2.19. The number of carbonyl (C=O) groups is 1. The molecule has 0 radical (unpaired) electrons. The highest BCUT2D eigenvalue weighted by atomic mass is 16.5. The Balaban J connectivity index is 1.67. The molecule has 1 saturated heterocycles. The smallest absolute Gasteiger partial charge is 0.343 e. The molecule has 1 heterocycles. The Kier molecular flexibility index (Phi) is 7.49. The van der Waals surface area contributed by atoms with Crippen LogP contribution in [-0.4, -0.2) is 62.7 Å². The van der Waals surface area contributed by atoms with Gasteiger partial charge in [0, 0.05) is 38.3 Å². The van der Waals surface area contributed by atoms with Crippen LogP contribution in [0.1, 0.15) is 29.3 Å². The predicted octanol–water partition coefficient (Wildman–Crippen LogP) is 3.45. The van der Waals surface area contributed by atoms with Gasteiger partial charge >= 0.3 is 5.97 Å². The first-order valence-corrected chi connectivity index (χ1v) is 10.1. The molecule has 0 bridgehead atoms. The molecule has 0 spiro atoms. The Bertz CT molecular complexity index is 816. The standard InChI is InChI=1S/C23H30N2O4/c1-4-11-24-12-14-25(15-13-24)17-19-7-5-6-8-20(19)29-23(26)18-9-10-21(27-2)22(16-18)28-3/h5-10,16H,4,11-15,17H2,1-3H3. The SMILES string of the molecule is CCCN1CCN(Cc2ccccc2OC(=O)c2ccc(OC)c(OC)c2)CC1. The first-order valence-electron chi connectivity index (χ1n) is 10.1. The van der Waals surface area contributed by atoms with Crippen LogP contribution in [0.15, 0.2) is 42.5 Å². The Morgan fingerprint density at radius 1 is 0.897 bits per heavy atom. The second-order valence-corrected chi connectivity index (χ2v) is 7.18. The summed E-state index contributed by atoms with van der Waals surface area (Å²) in [6.07, 6.45) is 1.19. The van der Waals surface area contributed by atoms with Crippen LogP contribution in [0.3, 0.4) is 0 Å². The van der Waals surface area contributed by atoms with Crippen molar-refractivity contribution in [2.75, 3.05) is 46.9 Å². The van der Waals surface area contributed by atoms with Crippen LogP contribution >= 0.6 is 0 Å². The van der Waals surface area contributed by atoms with E-state index in [0.29, 0.717) is 22.8 Å². The molecular weight excluding hydrogens is 368 g/mol. The number of methoxy groups -OCH3 is 2. The van der Waals surface area contributed by atoms with E-state index < -0.39 is 5.97 Å². The fourth-order valence-electron chi connectivity index (χ4n) is 3.58. The molecule has 0 amide bonds. The van der Waals surface area contributed by atoms with Gasteiger partial charge in [-0.2, -0.15) is 0 Å². The lowest BCUT2D eigenvalue weighted by atomic mass is 10.1. The highest BCUT2D eigenvalue weighted by Crippen LogP contribution is 2.28. The van der Waals surface area contributed by atoms with E-state index in [0.717, 1.165) is 44.8 Å². The quantitative estimate of drug-likeness (QED) is 0.501. The molecule has 1 aliphatic heterocycles. The summed E-state index contributed by atoms with van der Waals surface area (Å²) in [5, 5.41) is 0. The minimum atomic E-state index is -0.411. The Labute approximate surface area is 173 Å². The number of piperazine rings is 1. The van der Waals surface area contributed by atoms with Crippen molar-refractivity contribution < 1.29 is 19.0 Å². The minimum absolute atomic E-state index is 0.411. The molecule has 2 aromatic carbocycles. The van der Waals surface area contributed by atoms with Gasteiger partial charge in [0.05, 0.1) is 19.8 Å². The molecule has 156 valence electrons. The van der Waals surface area contributed by atoms with Gasteiger partial charge in [-0.3, -0.25) is 4.90 Å². The number of rotatable bonds is 8. The molecule has 0 unspecified atom stereocenters. The summed E-state index contributed by atoms with van der Waals surface area (Å²) < 4.78 is 16.2. The Morgan fingerprint density at radius 3 is 2.28 bits per heavy atom. The Morgan fingerprint density at radius 2 is 1.59 bits per heavy atom. The predicted molar refractivity (Wildman–Crippen MR) is 113 cm³/mol. The van der Waals surface area contributed by atoms with E-state index in [4.69, 9.17) is 14.2 Å². The summed E-state index contributed by atoms with van der Waals surface area (Å²) >= 11 is 0. The maximum absolute atomic E-state index is 12.7. The lowest BCUT2D eigenvalue weighted by molar-refractivity contribution is 0.0729. The van der Waals surface area contributed by atoms with Gasteiger partial charge in [-0.1, -0.05) is 25.1 Å². The fraction of sp³-hybridized carbons (Fsp3) is 0.435. The number of nitrogens with zero attached hydrogens (tertiary/aromatic N) is 2. The largest absolute Gasteiger partial charge is 0.493 e. The Hall–Kier alpha value is -2.57. The minimum Gasteiger partial charge on any atom is -0.493 e. The van der Waals surface area contributed by atoms with Crippen LogP contribution in [0, 0.1) is 0 Å². The average molecular weight is 399 g/mol. The second kappa shape index (κ2) is 10.3. The summed E-state index contributed by atoms with van der Waals surface area (Å²) in [6.45, 7) is 8.37. The maximum atomic E-state index is 12.7. The topological polar surface area (TPSA) is 51.2 Å². The van der Waals surface area contributed by atoms with Crippen LogP contribution < -0.4 is 14.2 Å². The molecule has 2 aromatic rings. The normalized spacial score (nSPS) is 15.1. The van der Waals surface area contributed by atoms with E-state index in [2.05, 4.69) is 16.7 Å². The van der Waals surface area contributed by atoms with Crippen molar-refractivity contribution in [1.29, 1.82) is 0 Å². The van der Waals surface area contributed by atoms with Crippen LogP contribution in [0.5, 0.6) is 17.2 Å². The van der Waals surface area contributed by atoms with Gasteiger partial charge in [0.15, 0.2) is 11.5 Å². The van der Waals surface area contributed by atoms with E-state index in [-0.39, 0.29) is 0 Å². The monoisotopic (exact) mass is 398 g/mol. The van der Waals surface area contributed by atoms with E-state index in [1.54, 1.807) is 32.4 Å². The van der Waals surface area contributed by atoms with Gasteiger partial charge in [-0.15, -0.1) is 0 Å². The van der Waals surface area contributed by atoms with Gasteiger partial charge in [0.2, 0.25) is 0 Å². The van der Waals surface area contributed by atoms with E-state index in [1.807, 2.05) is 24.3 Å². The van der Waals surface area contributed by atoms with Gasteiger partial charge in [-0.25, -0.2) is 4.79 Å². The van der Waals surface area contributed by atoms with Crippen LogP contribution in [-0.2, 0) is 6.54 Å². The highest BCUT2D eigenvalue weighted by molar-refractivity contribution is 5.92. The summed E-state index contributed by atoms with van der Waals surface area (Å²) in [6, 6.07) is 12.8. The number of hydrogen-bond donors (Lipinski definition) is 0. The van der Waals surface area contributed by atoms with Crippen LogP contribution in [0.2, 0.25) is 0 Å². The lowest BCUT2D eigenvalue weighted by Gasteiger charge is -2.34. The molecule has 3 rings (SSSR count). The number of ether oxygens (including phenoxy) is 3. The van der Waals surface area contributed by atoms with Gasteiger partial charge in [0.1, 0.15) is 5.75 Å². The molecule has 6 heteroatoms. The van der Waals surface area contributed by atoms with Gasteiger partial charge in [0.25, 0.3) is 0 Å². The molecule has 0 aromatic heterocycles. The van der Waals surface area contributed by atoms with Crippen molar-refractivity contribution in [2.24, 2.45) is 0 Å². The van der Waals surface area contributed by atoms with Crippen LogP contribution in [0.25, 0.3) is 0 Å². The van der Waals surface area contributed by atoms with Gasteiger partial charge in [-0.05, 0) is 37.2 Å². The molecule has 0 atom stereocenters. The van der Waals surface area contributed by atoms with E-state index in [1.165, 1.54) is 6.42 Å². The first-order chi connectivity index (χ1) is 14.1. The number of carbonyl (C=O) groups excluding carboxylic acids is 1.